The highest BCUT2D eigenvalue weighted by molar-refractivity contribution is 5.87. The number of nitrogens with zero attached hydrogens (tertiary/aromatic N) is 6. The maximum atomic E-state index is 13.2. The Labute approximate surface area is 172 Å². The van der Waals surface area contributed by atoms with Crippen molar-refractivity contribution in [2.24, 2.45) is 0 Å². The van der Waals surface area contributed by atoms with E-state index in [4.69, 9.17) is 5.11 Å². The second kappa shape index (κ2) is 7.07. The number of carboxylic acids is 1. The molecule has 0 aliphatic heterocycles. The molecule has 0 amide bonds. The highest BCUT2D eigenvalue weighted by Crippen LogP contribution is 2.34. The van der Waals surface area contributed by atoms with Gasteiger partial charge >= 0.3 is 12.1 Å². The Bertz CT molecular complexity index is 1310. The van der Waals surface area contributed by atoms with Crippen molar-refractivity contribution in [1.29, 1.82) is 0 Å². The van der Waals surface area contributed by atoms with Crippen LogP contribution in [0.1, 0.15) is 40.0 Å². The number of hydrogen-bond donors (Lipinski definition) is 2. The van der Waals surface area contributed by atoms with Crippen molar-refractivity contribution < 1.29 is 28.2 Å². The predicted molar refractivity (Wildman–Crippen MR) is 101 cm³/mol. The Morgan fingerprint density at radius 1 is 1.16 bits per heavy atom. The van der Waals surface area contributed by atoms with Gasteiger partial charge in [-0.25, -0.2) is 14.5 Å². The molecule has 4 rings (SSSR count). The van der Waals surface area contributed by atoms with Crippen LogP contribution in [0.15, 0.2) is 36.8 Å². The van der Waals surface area contributed by atoms with Gasteiger partial charge < -0.3 is 10.2 Å². The van der Waals surface area contributed by atoms with Gasteiger partial charge in [0.1, 0.15) is 11.0 Å². The molecule has 1 atom stereocenters. The summed E-state index contributed by atoms with van der Waals surface area (Å²) in [6.45, 7) is 3.33. The second-order valence-electron chi connectivity index (χ2n) is 6.89. The fourth-order valence-electron chi connectivity index (χ4n) is 3.27. The summed E-state index contributed by atoms with van der Waals surface area (Å²) in [5.74, 6) is -1.74. The molecule has 1 aromatic carbocycles. The third-order valence-electron chi connectivity index (χ3n) is 4.87. The molecule has 0 radical (unpaired) electrons. The number of aryl methyl sites for hydroxylation is 1. The van der Waals surface area contributed by atoms with E-state index in [1.54, 1.807) is 13.8 Å². The average molecular weight is 432 g/mol. The largest absolute Gasteiger partial charge is 0.492 e. The van der Waals surface area contributed by atoms with Crippen LogP contribution in [-0.4, -0.2) is 45.7 Å². The van der Waals surface area contributed by atoms with Gasteiger partial charge in [0.2, 0.25) is 5.88 Å². The molecule has 0 aliphatic rings. The van der Waals surface area contributed by atoms with E-state index in [1.165, 1.54) is 23.1 Å². The van der Waals surface area contributed by atoms with Crippen LogP contribution in [0.4, 0.5) is 13.2 Å². The van der Waals surface area contributed by atoms with Crippen molar-refractivity contribution in [2.45, 2.75) is 26.1 Å². The molecule has 4 aromatic rings. The van der Waals surface area contributed by atoms with E-state index >= 15 is 0 Å². The zero-order valence-electron chi connectivity index (χ0n) is 16.2. The van der Waals surface area contributed by atoms with Crippen molar-refractivity contribution in [3.05, 3.63) is 59.0 Å². The first-order valence-corrected chi connectivity index (χ1v) is 8.96. The molecule has 3 heterocycles. The molecule has 0 fully saturated rings. The molecular formula is C19H15F3N6O3. The maximum absolute atomic E-state index is 13.2. The lowest BCUT2D eigenvalue weighted by Crippen LogP contribution is -2.13. The normalized spacial score (nSPS) is 12.9. The quantitative estimate of drug-likeness (QED) is 0.508. The fourth-order valence-corrected chi connectivity index (χ4v) is 3.27. The molecule has 0 aliphatic carbocycles. The van der Waals surface area contributed by atoms with Crippen LogP contribution in [0, 0.1) is 6.92 Å². The standard InChI is InChI=1S/C19H15F3N6O3/c1-9-3-4-12(19(20,21)22)5-13(9)10(2)28-15-14(7-24-28)25-18(26-16(15)29)27-8-11(6-23-27)17(30)31/h3-8,10H,1-2H3,(H,30,31)(H,25,26,29)/t10-/m0/s1. The summed E-state index contributed by atoms with van der Waals surface area (Å²) in [6, 6.07) is 2.78. The Balaban J connectivity index is 1.78. The minimum absolute atomic E-state index is 0.0834. The van der Waals surface area contributed by atoms with Crippen LogP contribution in [0.3, 0.4) is 0 Å². The summed E-state index contributed by atoms with van der Waals surface area (Å²) >= 11 is 0. The summed E-state index contributed by atoms with van der Waals surface area (Å²) < 4.78 is 41.9. The highest BCUT2D eigenvalue weighted by atomic mass is 19.4. The molecule has 0 spiro atoms. The summed E-state index contributed by atoms with van der Waals surface area (Å²) in [5.41, 5.74) is 0.463. The van der Waals surface area contributed by atoms with Gasteiger partial charge in [-0.05, 0) is 37.1 Å². The topological polar surface area (TPSA) is 119 Å². The minimum atomic E-state index is -4.49. The Morgan fingerprint density at radius 2 is 1.90 bits per heavy atom. The number of rotatable bonds is 4. The third-order valence-corrected chi connectivity index (χ3v) is 4.87. The smallest absolute Gasteiger partial charge is 0.416 e. The summed E-state index contributed by atoms with van der Waals surface area (Å²) in [5, 5.41) is 27.5. The van der Waals surface area contributed by atoms with Gasteiger partial charge in [0.25, 0.3) is 5.95 Å². The lowest BCUT2D eigenvalue weighted by Gasteiger charge is -2.18. The number of aromatic hydroxyl groups is 1. The number of carboxylic acid groups (broad SMARTS) is 1. The molecule has 0 bridgehead atoms. The van der Waals surface area contributed by atoms with Crippen LogP contribution < -0.4 is 0 Å². The van der Waals surface area contributed by atoms with Gasteiger partial charge in [0, 0.05) is 6.20 Å². The highest BCUT2D eigenvalue weighted by Gasteiger charge is 2.31. The van der Waals surface area contributed by atoms with E-state index in [0.717, 1.165) is 23.0 Å². The minimum Gasteiger partial charge on any atom is -0.492 e. The molecule has 3 aromatic heterocycles. The van der Waals surface area contributed by atoms with E-state index in [1.807, 2.05) is 0 Å². The summed E-state index contributed by atoms with van der Waals surface area (Å²) in [4.78, 5) is 19.2. The van der Waals surface area contributed by atoms with Crippen LogP contribution >= 0.6 is 0 Å². The first kappa shape index (κ1) is 20.3. The third kappa shape index (κ3) is 3.56. The van der Waals surface area contributed by atoms with Crippen molar-refractivity contribution in [3.63, 3.8) is 0 Å². The first-order valence-electron chi connectivity index (χ1n) is 8.96. The Hall–Kier alpha value is -3.96. The number of carbonyl (C=O) groups is 1. The van der Waals surface area contributed by atoms with Crippen LogP contribution in [0.25, 0.3) is 17.0 Å². The molecule has 9 nitrogen and oxygen atoms in total. The lowest BCUT2D eigenvalue weighted by molar-refractivity contribution is -0.137. The summed E-state index contributed by atoms with van der Waals surface area (Å²) in [6.07, 6.45) is -0.870. The molecule has 160 valence electrons. The van der Waals surface area contributed by atoms with Crippen LogP contribution in [0.5, 0.6) is 5.88 Å². The van der Waals surface area contributed by atoms with E-state index in [-0.39, 0.29) is 22.5 Å². The number of hydrogen-bond acceptors (Lipinski definition) is 6. The number of benzene rings is 1. The van der Waals surface area contributed by atoms with Gasteiger partial charge in [0.05, 0.1) is 29.6 Å². The fraction of sp³-hybridized carbons (Fsp3) is 0.211. The number of halogens is 3. The van der Waals surface area contributed by atoms with Gasteiger partial charge in [0.15, 0.2) is 0 Å². The number of aromatic nitrogens is 6. The van der Waals surface area contributed by atoms with E-state index in [2.05, 4.69) is 20.2 Å². The average Bonchev–Trinajstić information content (AvgIpc) is 3.34. The Morgan fingerprint density at radius 3 is 2.55 bits per heavy atom. The van der Waals surface area contributed by atoms with Gasteiger partial charge in [-0.2, -0.15) is 28.4 Å². The Kier molecular flexibility index (Phi) is 4.64. The molecule has 0 unspecified atom stereocenters. The lowest BCUT2D eigenvalue weighted by atomic mass is 9.99. The zero-order chi connectivity index (χ0) is 22.5. The second-order valence-corrected chi connectivity index (χ2v) is 6.89. The van der Waals surface area contributed by atoms with Crippen molar-refractivity contribution in [2.75, 3.05) is 0 Å². The molecular weight excluding hydrogens is 417 g/mol. The number of alkyl halides is 3. The van der Waals surface area contributed by atoms with Crippen molar-refractivity contribution >= 4 is 17.0 Å². The number of fused-ring (bicyclic) bond motifs is 1. The van der Waals surface area contributed by atoms with Crippen molar-refractivity contribution in [3.8, 4) is 11.8 Å². The van der Waals surface area contributed by atoms with E-state index in [9.17, 15) is 23.1 Å². The molecule has 2 N–H and O–H groups in total. The van der Waals surface area contributed by atoms with E-state index in [0.29, 0.717) is 11.1 Å². The molecule has 0 saturated carbocycles. The number of aromatic carboxylic acids is 1. The van der Waals surface area contributed by atoms with Gasteiger partial charge in [-0.3, -0.25) is 4.68 Å². The monoisotopic (exact) mass is 432 g/mol. The SMILES string of the molecule is Cc1ccc(C(F)(F)F)cc1[C@H](C)n1ncc2nc(-n3cc(C(=O)O)cn3)nc(O)c21. The maximum Gasteiger partial charge on any atom is 0.416 e. The van der Waals surface area contributed by atoms with Gasteiger partial charge in [-0.15, -0.1) is 0 Å². The van der Waals surface area contributed by atoms with Crippen molar-refractivity contribution in [1.82, 2.24) is 29.5 Å². The summed E-state index contributed by atoms with van der Waals surface area (Å²) in [7, 11) is 0. The molecule has 31 heavy (non-hydrogen) atoms. The van der Waals surface area contributed by atoms with Crippen LogP contribution in [0.2, 0.25) is 0 Å². The van der Waals surface area contributed by atoms with Crippen LogP contribution in [-0.2, 0) is 6.18 Å². The van der Waals surface area contributed by atoms with E-state index < -0.39 is 29.6 Å². The zero-order valence-corrected chi connectivity index (χ0v) is 16.2. The molecule has 0 saturated heterocycles. The predicted octanol–water partition coefficient (Wildman–Crippen LogP) is 3.35. The first-order chi connectivity index (χ1) is 14.6. The molecule has 12 heteroatoms. The van der Waals surface area contributed by atoms with Gasteiger partial charge in [-0.1, -0.05) is 6.07 Å².